The Morgan fingerprint density at radius 3 is 2.71 bits per heavy atom. The highest BCUT2D eigenvalue weighted by molar-refractivity contribution is 6.03. The van der Waals surface area contributed by atoms with Crippen molar-refractivity contribution >= 4 is 17.4 Å². The van der Waals surface area contributed by atoms with Crippen LogP contribution in [0.5, 0.6) is 0 Å². The summed E-state index contributed by atoms with van der Waals surface area (Å²) >= 11 is 0. The monoisotopic (exact) mass is 324 g/mol. The summed E-state index contributed by atoms with van der Waals surface area (Å²) in [5.41, 5.74) is 1.05. The van der Waals surface area contributed by atoms with Gasteiger partial charge in [-0.1, -0.05) is 12.1 Å². The van der Waals surface area contributed by atoms with Crippen LogP contribution in [0.15, 0.2) is 36.7 Å². The zero-order valence-electron chi connectivity index (χ0n) is 13.8. The van der Waals surface area contributed by atoms with E-state index in [0.717, 1.165) is 19.5 Å². The third-order valence-electron chi connectivity index (χ3n) is 3.27. The van der Waals surface area contributed by atoms with Gasteiger partial charge in [-0.15, -0.1) is 0 Å². The molecule has 0 radical (unpaired) electrons. The van der Waals surface area contributed by atoms with Crippen LogP contribution >= 0.6 is 0 Å². The number of nitrogens with zero attached hydrogens (tertiary/aromatic N) is 4. The molecule has 0 aliphatic rings. The fourth-order valence-corrected chi connectivity index (χ4v) is 2.02. The van der Waals surface area contributed by atoms with Crippen LogP contribution < -0.4 is 10.6 Å². The first-order valence-electron chi connectivity index (χ1n) is 7.61. The molecule has 1 aromatic carbocycles. The number of amides is 1. The van der Waals surface area contributed by atoms with Crippen molar-refractivity contribution in [1.29, 1.82) is 5.26 Å². The lowest BCUT2D eigenvalue weighted by molar-refractivity contribution is 0.102. The number of rotatable bonds is 7. The maximum atomic E-state index is 12.2. The SMILES string of the molecule is CN(C)CCCNc1cnc(C(=O)Nc2ccccc2C#N)cn1. The lowest BCUT2D eigenvalue weighted by Crippen LogP contribution is -2.17. The van der Waals surface area contributed by atoms with Crippen LogP contribution in [0.1, 0.15) is 22.5 Å². The second-order valence-corrected chi connectivity index (χ2v) is 5.48. The molecule has 1 heterocycles. The van der Waals surface area contributed by atoms with Gasteiger partial charge in [0.1, 0.15) is 17.6 Å². The number of anilines is 2. The highest BCUT2D eigenvalue weighted by atomic mass is 16.1. The minimum absolute atomic E-state index is 0.196. The third kappa shape index (κ3) is 5.04. The van der Waals surface area contributed by atoms with Crippen LogP contribution in [0.4, 0.5) is 11.5 Å². The molecule has 0 unspecified atom stereocenters. The first-order chi connectivity index (χ1) is 11.6. The zero-order valence-corrected chi connectivity index (χ0v) is 13.8. The summed E-state index contributed by atoms with van der Waals surface area (Å²) in [5, 5.41) is 14.9. The molecule has 1 amide bonds. The van der Waals surface area contributed by atoms with Crippen molar-refractivity contribution in [2.75, 3.05) is 37.8 Å². The van der Waals surface area contributed by atoms with E-state index in [1.54, 1.807) is 24.3 Å². The van der Waals surface area contributed by atoms with E-state index in [2.05, 4.69) is 25.5 Å². The highest BCUT2D eigenvalue weighted by Crippen LogP contribution is 2.14. The Kier molecular flexibility index (Phi) is 6.23. The van der Waals surface area contributed by atoms with Crippen LogP contribution in [0, 0.1) is 11.3 Å². The standard InChI is InChI=1S/C17H20N6O/c1-23(2)9-5-8-19-16-12-20-15(11-21-16)17(24)22-14-7-4-3-6-13(14)10-18/h3-4,6-7,11-12H,5,8-9H2,1-2H3,(H,19,21)(H,22,24). The van der Waals surface area contributed by atoms with Gasteiger partial charge in [0.15, 0.2) is 0 Å². The maximum Gasteiger partial charge on any atom is 0.275 e. The predicted molar refractivity (Wildman–Crippen MR) is 92.8 cm³/mol. The maximum absolute atomic E-state index is 12.2. The summed E-state index contributed by atoms with van der Waals surface area (Å²) in [5.74, 6) is 0.229. The van der Waals surface area contributed by atoms with Crippen LogP contribution in [0.2, 0.25) is 0 Å². The molecule has 0 saturated carbocycles. The molecule has 7 nitrogen and oxygen atoms in total. The number of carbonyl (C=O) groups is 1. The molecule has 7 heteroatoms. The van der Waals surface area contributed by atoms with E-state index in [1.165, 1.54) is 12.4 Å². The fraction of sp³-hybridized carbons (Fsp3) is 0.294. The molecule has 24 heavy (non-hydrogen) atoms. The third-order valence-corrected chi connectivity index (χ3v) is 3.27. The van der Waals surface area contributed by atoms with Crippen molar-refractivity contribution in [1.82, 2.24) is 14.9 Å². The number of carbonyl (C=O) groups excluding carboxylic acids is 1. The lowest BCUT2D eigenvalue weighted by Gasteiger charge is -2.10. The van der Waals surface area contributed by atoms with Gasteiger partial charge in [0.05, 0.1) is 23.6 Å². The van der Waals surface area contributed by atoms with Gasteiger partial charge in [0.25, 0.3) is 5.91 Å². The first kappa shape index (κ1) is 17.4. The van der Waals surface area contributed by atoms with Gasteiger partial charge >= 0.3 is 0 Å². The number of nitriles is 1. The molecule has 2 aromatic rings. The quantitative estimate of drug-likeness (QED) is 0.756. The zero-order chi connectivity index (χ0) is 17.4. The molecule has 0 aliphatic heterocycles. The van der Waals surface area contributed by atoms with E-state index < -0.39 is 5.91 Å². The Labute approximate surface area is 141 Å². The van der Waals surface area contributed by atoms with Gasteiger partial charge in [-0.25, -0.2) is 9.97 Å². The molecule has 0 spiro atoms. The summed E-state index contributed by atoms with van der Waals surface area (Å²) in [7, 11) is 4.05. The van der Waals surface area contributed by atoms with Gasteiger partial charge in [-0.05, 0) is 39.2 Å². The van der Waals surface area contributed by atoms with Gasteiger partial charge in [0.2, 0.25) is 0 Å². The summed E-state index contributed by atoms with van der Waals surface area (Å²) in [6.07, 6.45) is 3.93. The highest BCUT2D eigenvalue weighted by Gasteiger charge is 2.10. The molecule has 1 aromatic heterocycles. The second-order valence-electron chi connectivity index (χ2n) is 5.48. The summed E-state index contributed by atoms with van der Waals surface area (Å²) in [4.78, 5) is 22.6. The average molecular weight is 324 g/mol. The molecule has 2 rings (SSSR count). The second kappa shape index (κ2) is 8.60. The van der Waals surface area contributed by atoms with Gasteiger partial charge in [-0.3, -0.25) is 4.79 Å². The lowest BCUT2D eigenvalue weighted by atomic mass is 10.2. The Bertz CT molecular complexity index is 721. The van der Waals surface area contributed by atoms with E-state index in [1.807, 2.05) is 20.2 Å². The van der Waals surface area contributed by atoms with Crippen molar-refractivity contribution in [3.05, 3.63) is 47.9 Å². The van der Waals surface area contributed by atoms with Crippen LogP contribution in [0.3, 0.4) is 0 Å². The number of benzene rings is 1. The topological polar surface area (TPSA) is 93.9 Å². The van der Waals surface area contributed by atoms with Crippen molar-refractivity contribution in [2.24, 2.45) is 0 Å². The molecule has 124 valence electrons. The Morgan fingerprint density at radius 2 is 2.04 bits per heavy atom. The fourth-order valence-electron chi connectivity index (χ4n) is 2.02. The number of hydrogen-bond donors (Lipinski definition) is 2. The number of para-hydroxylation sites is 1. The summed E-state index contributed by atoms with van der Waals surface area (Å²) in [6, 6.07) is 8.84. The van der Waals surface area contributed by atoms with E-state index in [-0.39, 0.29) is 5.69 Å². The van der Waals surface area contributed by atoms with Gasteiger partial charge in [-0.2, -0.15) is 5.26 Å². The Hall–Kier alpha value is -2.98. The van der Waals surface area contributed by atoms with E-state index in [0.29, 0.717) is 17.1 Å². The molecule has 0 saturated heterocycles. The van der Waals surface area contributed by atoms with E-state index in [4.69, 9.17) is 5.26 Å². The molecule has 2 N–H and O–H groups in total. The normalized spacial score (nSPS) is 10.2. The molecule has 0 fully saturated rings. The smallest absolute Gasteiger partial charge is 0.275 e. The minimum atomic E-state index is -0.399. The van der Waals surface area contributed by atoms with Gasteiger partial charge in [0, 0.05) is 6.54 Å². The van der Waals surface area contributed by atoms with Crippen molar-refractivity contribution in [3.8, 4) is 6.07 Å². The average Bonchev–Trinajstić information content (AvgIpc) is 2.59. The molecule has 0 bridgehead atoms. The van der Waals surface area contributed by atoms with Crippen molar-refractivity contribution in [2.45, 2.75) is 6.42 Å². The predicted octanol–water partition coefficient (Wildman–Crippen LogP) is 1.96. The largest absolute Gasteiger partial charge is 0.369 e. The summed E-state index contributed by atoms with van der Waals surface area (Å²) in [6.45, 7) is 1.77. The van der Waals surface area contributed by atoms with Crippen LogP contribution in [-0.4, -0.2) is 48.0 Å². The molecular formula is C17H20N6O. The van der Waals surface area contributed by atoms with E-state index in [9.17, 15) is 4.79 Å². The van der Waals surface area contributed by atoms with Crippen LogP contribution in [-0.2, 0) is 0 Å². The first-order valence-corrected chi connectivity index (χ1v) is 7.61. The Balaban J connectivity index is 1.93. The molecular weight excluding hydrogens is 304 g/mol. The van der Waals surface area contributed by atoms with Crippen molar-refractivity contribution in [3.63, 3.8) is 0 Å². The van der Waals surface area contributed by atoms with E-state index >= 15 is 0 Å². The number of hydrogen-bond acceptors (Lipinski definition) is 6. The van der Waals surface area contributed by atoms with Gasteiger partial charge < -0.3 is 15.5 Å². The minimum Gasteiger partial charge on any atom is -0.369 e. The Morgan fingerprint density at radius 1 is 1.25 bits per heavy atom. The molecule has 0 atom stereocenters. The van der Waals surface area contributed by atoms with Crippen LogP contribution in [0.25, 0.3) is 0 Å². The number of nitrogens with one attached hydrogen (secondary N) is 2. The molecule has 0 aliphatic carbocycles. The number of aromatic nitrogens is 2. The summed E-state index contributed by atoms with van der Waals surface area (Å²) < 4.78 is 0. The van der Waals surface area contributed by atoms with Crippen molar-refractivity contribution < 1.29 is 4.79 Å².